The number of nitrogens with zero attached hydrogens (tertiary/aromatic N) is 4. The first-order valence-electron chi connectivity index (χ1n) is 10.4. The first kappa shape index (κ1) is 20.9. The van der Waals surface area contributed by atoms with Crippen molar-refractivity contribution in [1.29, 1.82) is 0 Å². The Bertz CT molecular complexity index is 1070. The minimum atomic E-state index is 0.0602. The van der Waals surface area contributed by atoms with Gasteiger partial charge in [0.25, 0.3) is 0 Å². The third kappa shape index (κ3) is 5.22. The molecule has 2 aromatic carbocycles. The summed E-state index contributed by atoms with van der Waals surface area (Å²) in [7, 11) is 0. The van der Waals surface area contributed by atoms with Crippen LogP contribution in [0.1, 0.15) is 49.1 Å². The molecule has 31 heavy (non-hydrogen) atoms. The molecule has 158 valence electrons. The summed E-state index contributed by atoms with van der Waals surface area (Å²) in [6.45, 7) is 7.90. The second-order valence-electron chi connectivity index (χ2n) is 8.71. The van der Waals surface area contributed by atoms with Gasteiger partial charge in [-0.1, -0.05) is 75.4 Å². The Morgan fingerprint density at radius 2 is 1.58 bits per heavy atom. The maximum Gasteiger partial charge on any atom is 0.204 e. The number of tetrazole rings is 1. The lowest BCUT2D eigenvalue weighted by atomic mass is 9.72. The standard InChI is InChI=1S/C25H27N5O/c1-25(2,3)23(20-11-13-21(14-12-20)24-27-29-30-28-24)19-9-7-18(8-10-19)16-31-17-22-6-4-5-15-26-22/h4-15,23H,16-17H2,1-3H3,(H,27,28,29,30). The van der Waals surface area contributed by atoms with Gasteiger partial charge < -0.3 is 4.74 Å². The number of H-pyrrole nitrogens is 1. The van der Waals surface area contributed by atoms with Gasteiger partial charge in [0.2, 0.25) is 5.82 Å². The molecule has 0 saturated carbocycles. The van der Waals surface area contributed by atoms with Crippen molar-refractivity contribution in [1.82, 2.24) is 25.6 Å². The van der Waals surface area contributed by atoms with E-state index in [0.29, 0.717) is 19.0 Å². The summed E-state index contributed by atoms with van der Waals surface area (Å²) in [5.41, 5.74) is 5.65. The van der Waals surface area contributed by atoms with Crippen LogP contribution in [0.4, 0.5) is 0 Å². The molecule has 0 saturated heterocycles. The smallest absolute Gasteiger partial charge is 0.204 e. The zero-order valence-corrected chi connectivity index (χ0v) is 18.1. The van der Waals surface area contributed by atoms with Crippen molar-refractivity contribution < 1.29 is 4.74 Å². The largest absolute Gasteiger partial charge is 0.370 e. The van der Waals surface area contributed by atoms with Crippen LogP contribution in [-0.4, -0.2) is 25.6 Å². The number of aromatic nitrogens is 5. The zero-order valence-electron chi connectivity index (χ0n) is 18.1. The van der Waals surface area contributed by atoms with Gasteiger partial charge in [0, 0.05) is 17.7 Å². The molecular weight excluding hydrogens is 386 g/mol. The third-order valence-corrected chi connectivity index (χ3v) is 5.27. The van der Waals surface area contributed by atoms with Gasteiger partial charge >= 0.3 is 0 Å². The average molecular weight is 414 g/mol. The molecule has 0 bridgehead atoms. The lowest BCUT2D eigenvalue weighted by molar-refractivity contribution is 0.104. The van der Waals surface area contributed by atoms with Gasteiger partial charge in [-0.2, -0.15) is 5.21 Å². The second kappa shape index (κ2) is 9.18. The van der Waals surface area contributed by atoms with Crippen molar-refractivity contribution in [2.45, 2.75) is 39.9 Å². The molecule has 6 heteroatoms. The number of hydrogen-bond acceptors (Lipinski definition) is 5. The fourth-order valence-electron chi connectivity index (χ4n) is 3.86. The summed E-state index contributed by atoms with van der Waals surface area (Å²) in [5.74, 6) is 0.865. The van der Waals surface area contributed by atoms with Crippen LogP contribution in [0, 0.1) is 5.41 Å². The van der Waals surface area contributed by atoms with E-state index in [1.165, 1.54) is 11.1 Å². The van der Waals surface area contributed by atoms with E-state index < -0.39 is 0 Å². The number of hydrogen-bond donors (Lipinski definition) is 1. The number of benzene rings is 2. The molecule has 2 aromatic heterocycles. The van der Waals surface area contributed by atoms with E-state index in [4.69, 9.17) is 4.74 Å². The quantitative estimate of drug-likeness (QED) is 0.453. The molecule has 1 atom stereocenters. The zero-order chi connectivity index (χ0) is 21.7. The van der Waals surface area contributed by atoms with Crippen molar-refractivity contribution in [3.63, 3.8) is 0 Å². The summed E-state index contributed by atoms with van der Waals surface area (Å²) < 4.78 is 5.82. The predicted molar refractivity (Wildman–Crippen MR) is 120 cm³/mol. The first-order chi connectivity index (χ1) is 15.0. The normalized spacial score (nSPS) is 12.6. The van der Waals surface area contributed by atoms with Gasteiger partial charge in [-0.15, -0.1) is 10.2 Å². The molecule has 0 aliphatic rings. The van der Waals surface area contributed by atoms with E-state index in [2.05, 4.69) is 94.9 Å². The monoisotopic (exact) mass is 413 g/mol. The van der Waals surface area contributed by atoms with Crippen molar-refractivity contribution in [3.05, 3.63) is 95.3 Å². The number of aromatic amines is 1. The highest BCUT2D eigenvalue weighted by atomic mass is 16.5. The summed E-state index contributed by atoms with van der Waals surface area (Å²) in [6.07, 6.45) is 1.79. The number of pyridine rings is 1. The van der Waals surface area contributed by atoms with Gasteiger partial charge in [0.15, 0.2) is 0 Å². The number of nitrogens with one attached hydrogen (secondary N) is 1. The van der Waals surface area contributed by atoms with Crippen LogP contribution < -0.4 is 0 Å². The Morgan fingerprint density at radius 3 is 2.16 bits per heavy atom. The molecule has 0 fully saturated rings. The lowest BCUT2D eigenvalue weighted by Gasteiger charge is -2.32. The van der Waals surface area contributed by atoms with Gasteiger partial charge in [0.05, 0.1) is 18.9 Å². The first-order valence-corrected chi connectivity index (χ1v) is 10.4. The molecule has 0 aliphatic heterocycles. The summed E-state index contributed by atoms with van der Waals surface area (Å²) in [6, 6.07) is 23.0. The van der Waals surface area contributed by atoms with Gasteiger partial charge in [0.1, 0.15) is 0 Å². The highest BCUT2D eigenvalue weighted by Crippen LogP contribution is 2.41. The van der Waals surface area contributed by atoms with E-state index in [9.17, 15) is 0 Å². The molecule has 4 aromatic rings. The summed E-state index contributed by atoms with van der Waals surface area (Å²) in [5, 5.41) is 14.3. The Labute approximate surface area is 182 Å². The van der Waals surface area contributed by atoms with Crippen LogP contribution in [0.2, 0.25) is 0 Å². The highest BCUT2D eigenvalue weighted by molar-refractivity contribution is 5.55. The second-order valence-corrected chi connectivity index (χ2v) is 8.71. The van der Waals surface area contributed by atoms with Crippen LogP contribution in [0.25, 0.3) is 11.4 Å². The van der Waals surface area contributed by atoms with Crippen molar-refractivity contribution in [2.24, 2.45) is 5.41 Å². The van der Waals surface area contributed by atoms with E-state index in [1.807, 2.05) is 18.2 Å². The molecule has 1 N–H and O–H groups in total. The van der Waals surface area contributed by atoms with Crippen molar-refractivity contribution in [3.8, 4) is 11.4 Å². The molecule has 1 unspecified atom stereocenters. The lowest BCUT2D eigenvalue weighted by Crippen LogP contribution is -2.19. The fourth-order valence-corrected chi connectivity index (χ4v) is 3.86. The SMILES string of the molecule is CC(C)(C)C(c1ccc(COCc2ccccn2)cc1)c1ccc(-c2nn[nH]n2)cc1. The third-order valence-electron chi connectivity index (χ3n) is 5.27. The van der Waals surface area contributed by atoms with Crippen LogP contribution in [0.5, 0.6) is 0 Å². The van der Waals surface area contributed by atoms with E-state index in [-0.39, 0.29) is 11.3 Å². The van der Waals surface area contributed by atoms with Crippen LogP contribution in [0.15, 0.2) is 72.9 Å². The number of ether oxygens (including phenoxy) is 1. The van der Waals surface area contributed by atoms with Crippen LogP contribution in [0.3, 0.4) is 0 Å². The maximum absolute atomic E-state index is 5.82. The van der Waals surface area contributed by atoms with Crippen molar-refractivity contribution in [2.75, 3.05) is 0 Å². The minimum Gasteiger partial charge on any atom is -0.370 e. The molecule has 0 radical (unpaired) electrons. The maximum atomic E-state index is 5.82. The summed E-state index contributed by atoms with van der Waals surface area (Å²) >= 11 is 0. The Balaban J connectivity index is 1.48. The predicted octanol–water partition coefficient (Wildman–Crippen LogP) is 5.16. The number of rotatable bonds is 7. The summed E-state index contributed by atoms with van der Waals surface area (Å²) in [4.78, 5) is 4.29. The molecule has 0 aliphatic carbocycles. The van der Waals surface area contributed by atoms with Crippen molar-refractivity contribution >= 4 is 0 Å². The van der Waals surface area contributed by atoms with E-state index in [1.54, 1.807) is 6.20 Å². The minimum absolute atomic E-state index is 0.0602. The molecule has 0 spiro atoms. The fraction of sp³-hybridized carbons (Fsp3) is 0.280. The Hall–Kier alpha value is -3.38. The van der Waals surface area contributed by atoms with E-state index in [0.717, 1.165) is 16.8 Å². The molecule has 2 heterocycles. The Morgan fingerprint density at radius 1 is 0.871 bits per heavy atom. The van der Waals surface area contributed by atoms with Gasteiger partial charge in [-0.3, -0.25) is 4.98 Å². The van der Waals surface area contributed by atoms with Gasteiger partial charge in [-0.25, -0.2) is 0 Å². The van der Waals surface area contributed by atoms with Crippen LogP contribution >= 0.6 is 0 Å². The Kier molecular flexibility index (Phi) is 6.18. The highest BCUT2D eigenvalue weighted by Gasteiger charge is 2.28. The van der Waals surface area contributed by atoms with Crippen LogP contribution in [-0.2, 0) is 18.0 Å². The molecule has 6 nitrogen and oxygen atoms in total. The molecular formula is C25H27N5O. The average Bonchev–Trinajstić information content (AvgIpc) is 3.30. The molecule has 4 rings (SSSR count). The topological polar surface area (TPSA) is 76.6 Å². The van der Waals surface area contributed by atoms with Gasteiger partial charge in [-0.05, 0) is 39.5 Å². The molecule has 0 amide bonds. The van der Waals surface area contributed by atoms with E-state index >= 15 is 0 Å².